The molecule has 98 valence electrons. The summed E-state index contributed by atoms with van der Waals surface area (Å²) >= 11 is 2.89. The van der Waals surface area contributed by atoms with Crippen molar-refractivity contribution in [3.8, 4) is 0 Å². The second-order valence-corrected chi connectivity index (χ2v) is 8.60. The van der Waals surface area contributed by atoms with Crippen molar-refractivity contribution < 1.29 is 0 Å². The minimum atomic E-state index is 0.390. The van der Waals surface area contributed by atoms with Gasteiger partial charge in [-0.1, -0.05) is 0 Å². The van der Waals surface area contributed by atoms with Crippen molar-refractivity contribution in [2.24, 2.45) is 0 Å². The summed E-state index contributed by atoms with van der Waals surface area (Å²) in [5.74, 6) is 0. The van der Waals surface area contributed by atoms with Crippen molar-refractivity contribution in [2.75, 3.05) is 0 Å². The van der Waals surface area contributed by atoms with Gasteiger partial charge in [-0.2, -0.15) is 0 Å². The molecule has 0 saturated carbocycles. The normalized spacial score (nSPS) is 13.1. The van der Waals surface area contributed by atoms with Crippen LogP contribution in [-0.4, -0.2) is 15.0 Å². The van der Waals surface area contributed by atoms with Gasteiger partial charge in [0, 0.05) is 0 Å². The Hall–Kier alpha value is -0.831. The summed E-state index contributed by atoms with van der Waals surface area (Å²) in [4.78, 5) is 0. The Balaban J connectivity index is 1.93. The second kappa shape index (κ2) is 5.18. The third-order valence-electron chi connectivity index (χ3n) is 3.88. The molecule has 0 bridgehead atoms. The van der Waals surface area contributed by atoms with Gasteiger partial charge in [0.1, 0.15) is 0 Å². The summed E-state index contributed by atoms with van der Waals surface area (Å²) in [6.07, 6.45) is 2.43. The van der Waals surface area contributed by atoms with Crippen molar-refractivity contribution >= 4 is 57.2 Å². The van der Waals surface area contributed by atoms with E-state index in [9.17, 15) is 0 Å². The van der Waals surface area contributed by atoms with Gasteiger partial charge in [-0.3, -0.25) is 0 Å². The Morgan fingerprint density at radius 2 is 1.45 bits per heavy atom. The predicted molar refractivity (Wildman–Crippen MR) is 95.5 cm³/mol. The van der Waals surface area contributed by atoms with Crippen molar-refractivity contribution in [1.29, 1.82) is 0 Å². The fourth-order valence-corrected chi connectivity index (χ4v) is 6.20. The molecule has 20 heavy (non-hydrogen) atoms. The number of rotatable bonds is 2. The van der Waals surface area contributed by atoms with Crippen LogP contribution in [0.1, 0.15) is 11.1 Å². The van der Waals surface area contributed by atoms with Gasteiger partial charge in [0.15, 0.2) is 0 Å². The molecular weight excluding hydrogens is 422 g/mol. The van der Waals surface area contributed by atoms with Crippen molar-refractivity contribution in [1.82, 2.24) is 0 Å². The summed E-state index contributed by atoms with van der Waals surface area (Å²) in [6, 6.07) is 20.2. The molecule has 3 aromatic rings. The van der Waals surface area contributed by atoms with E-state index in [1.54, 1.807) is 16.5 Å². The van der Waals surface area contributed by atoms with Gasteiger partial charge >= 0.3 is 139 Å². The van der Waals surface area contributed by atoms with Crippen molar-refractivity contribution in [2.45, 2.75) is 12.8 Å². The van der Waals surface area contributed by atoms with Crippen LogP contribution in [0.15, 0.2) is 54.6 Å². The number of aryl methyl sites for hydroxylation is 2. The molecule has 4 rings (SSSR count). The molecule has 3 aromatic carbocycles. The SMILES string of the molecule is Ic1ccc2c3c(ccc([Se]c4ccccc4)c13)CC2. The fraction of sp³-hybridized carbons (Fsp3) is 0.111. The van der Waals surface area contributed by atoms with Gasteiger partial charge in [0.05, 0.1) is 0 Å². The van der Waals surface area contributed by atoms with Gasteiger partial charge in [-0.05, 0) is 0 Å². The number of hydrogen-bond acceptors (Lipinski definition) is 0. The standard InChI is InChI=1S/C18H13ISe/c19-15-10-8-12-6-7-13-9-11-16(18(15)17(12)13)20-14-4-2-1-3-5-14/h1-5,8-11H,6-7H2. The first-order valence-corrected chi connectivity index (χ1v) is 9.58. The van der Waals surface area contributed by atoms with Crippen LogP contribution < -0.4 is 8.92 Å². The molecule has 0 aliphatic heterocycles. The molecule has 0 unspecified atom stereocenters. The molecule has 2 heteroatoms. The van der Waals surface area contributed by atoms with E-state index in [2.05, 4.69) is 77.2 Å². The molecule has 0 heterocycles. The van der Waals surface area contributed by atoms with Gasteiger partial charge in [0.25, 0.3) is 0 Å². The van der Waals surface area contributed by atoms with Crippen LogP contribution in [-0.2, 0) is 12.8 Å². The zero-order chi connectivity index (χ0) is 13.5. The molecule has 0 spiro atoms. The van der Waals surface area contributed by atoms with E-state index in [-0.39, 0.29) is 0 Å². The quantitative estimate of drug-likeness (QED) is 0.429. The zero-order valence-corrected chi connectivity index (χ0v) is 14.8. The molecule has 0 fully saturated rings. The molecule has 0 radical (unpaired) electrons. The van der Waals surface area contributed by atoms with Gasteiger partial charge in [0.2, 0.25) is 0 Å². The van der Waals surface area contributed by atoms with Crippen LogP contribution in [0, 0.1) is 3.57 Å². The molecule has 0 saturated heterocycles. The van der Waals surface area contributed by atoms with E-state index >= 15 is 0 Å². The fourth-order valence-electron chi connectivity index (χ4n) is 2.96. The van der Waals surface area contributed by atoms with E-state index in [4.69, 9.17) is 0 Å². The van der Waals surface area contributed by atoms with Crippen LogP contribution in [0.3, 0.4) is 0 Å². The molecule has 1 aliphatic carbocycles. The molecule has 0 amide bonds. The Morgan fingerprint density at radius 3 is 2.20 bits per heavy atom. The van der Waals surface area contributed by atoms with Gasteiger partial charge < -0.3 is 0 Å². The van der Waals surface area contributed by atoms with E-state index < -0.39 is 0 Å². The number of halogens is 1. The second-order valence-electron chi connectivity index (χ2n) is 5.09. The molecule has 0 atom stereocenters. The summed E-state index contributed by atoms with van der Waals surface area (Å²) in [5, 5.41) is 3.06. The summed E-state index contributed by atoms with van der Waals surface area (Å²) in [6.45, 7) is 0. The molecule has 0 N–H and O–H groups in total. The van der Waals surface area contributed by atoms with Gasteiger partial charge in [-0.15, -0.1) is 0 Å². The van der Waals surface area contributed by atoms with Gasteiger partial charge in [-0.25, -0.2) is 0 Å². The maximum atomic E-state index is 2.50. The van der Waals surface area contributed by atoms with Crippen LogP contribution in [0.2, 0.25) is 0 Å². The summed E-state index contributed by atoms with van der Waals surface area (Å²) in [7, 11) is 0. The first kappa shape index (κ1) is 12.9. The van der Waals surface area contributed by atoms with Crippen LogP contribution in [0.5, 0.6) is 0 Å². The van der Waals surface area contributed by atoms with E-state index in [0.717, 1.165) is 0 Å². The maximum absolute atomic E-state index is 2.50. The van der Waals surface area contributed by atoms with Crippen molar-refractivity contribution in [3.05, 3.63) is 69.3 Å². The minimum absolute atomic E-state index is 0.390. The van der Waals surface area contributed by atoms with E-state index in [1.165, 1.54) is 30.7 Å². The first-order valence-electron chi connectivity index (χ1n) is 6.79. The van der Waals surface area contributed by atoms with Crippen LogP contribution in [0.25, 0.3) is 10.8 Å². The van der Waals surface area contributed by atoms with E-state index in [0.29, 0.717) is 15.0 Å². The number of benzene rings is 3. The average molecular weight is 435 g/mol. The zero-order valence-electron chi connectivity index (χ0n) is 10.9. The van der Waals surface area contributed by atoms with E-state index in [1.807, 2.05) is 0 Å². The molecule has 1 aliphatic rings. The Morgan fingerprint density at radius 1 is 0.750 bits per heavy atom. The average Bonchev–Trinajstić information content (AvgIpc) is 2.89. The summed E-state index contributed by atoms with van der Waals surface area (Å²) in [5.41, 5.74) is 3.09. The van der Waals surface area contributed by atoms with Crippen molar-refractivity contribution in [3.63, 3.8) is 0 Å². The topological polar surface area (TPSA) is 0 Å². The Kier molecular flexibility index (Phi) is 3.33. The molecule has 0 nitrogen and oxygen atoms in total. The predicted octanol–water partition coefficient (Wildman–Crippen LogP) is 3.20. The van der Waals surface area contributed by atoms with Crippen LogP contribution >= 0.6 is 22.6 Å². The Bertz CT molecular complexity index is 783. The third kappa shape index (κ3) is 2.11. The number of hydrogen-bond donors (Lipinski definition) is 0. The van der Waals surface area contributed by atoms with Crippen LogP contribution in [0.4, 0.5) is 0 Å². The Labute approximate surface area is 138 Å². The molecular formula is C18H13ISe. The summed E-state index contributed by atoms with van der Waals surface area (Å²) < 4.78 is 4.38. The third-order valence-corrected chi connectivity index (χ3v) is 7.02. The monoisotopic (exact) mass is 436 g/mol. The first-order chi connectivity index (χ1) is 9.83. The molecule has 0 aromatic heterocycles.